The average molecular weight is 635 g/mol. The molecule has 10 aromatic carbocycles. The summed E-state index contributed by atoms with van der Waals surface area (Å²) < 4.78 is 12.8. The van der Waals surface area contributed by atoms with Crippen molar-refractivity contribution in [2.75, 3.05) is 0 Å². The second-order valence-electron chi connectivity index (χ2n) is 13.6. The normalized spacial score (nSPS) is 12.7. The Kier molecular flexibility index (Phi) is 5.00. The second-order valence-corrected chi connectivity index (χ2v) is 13.6. The number of hydrogen-bond acceptors (Lipinski definition) is 2. The molecule has 0 bridgehead atoms. The Morgan fingerprint density at radius 2 is 0.640 bits per heavy atom. The lowest BCUT2D eigenvalue weighted by Crippen LogP contribution is -1.97. The zero-order valence-electron chi connectivity index (χ0n) is 26.8. The molecule has 2 nitrogen and oxygen atoms in total. The number of hydrogen-bond donors (Lipinski definition) is 0. The Morgan fingerprint density at radius 3 is 1.08 bits per heavy atom. The summed E-state index contributed by atoms with van der Waals surface area (Å²) in [5, 5.41) is 12.4. The first-order chi connectivity index (χ1) is 24.8. The molecule has 0 N–H and O–H groups in total. The first-order valence-corrected chi connectivity index (χ1v) is 17.2. The molecule has 0 amide bonds. The van der Waals surface area contributed by atoms with Gasteiger partial charge >= 0.3 is 0 Å². The number of ether oxygens (including phenoxy) is 2. The zero-order chi connectivity index (χ0) is 32.5. The van der Waals surface area contributed by atoms with Crippen molar-refractivity contribution in [1.29, 1.82) is 0 Å². The van der Waals surface area contributed by atoms with Gasteiger partial charge in [-0.05, 0) is 125 Å². The van der Waals surface area contributed by atoms with Crippen LogP contribution < -0.4 is 9.47 Å². The van der Waals surface area contributed by atoms with Gasteiger partial charge in [0.25, 0.3) is 0 Å². The fourth-order valence-electron chi connectivity index (χ4n) is 8.81. The van der Waals surface area contributed by atoms with Gasteiger partial charge in [0, 0.05) is 21.9 Å². The monoisotopic (exact) mass is 634 g/mol. The molecule has 50 heavy (non-hydrogen) atoms. The summed E-state index contributed by atoms with van der Waals surface area (Å²) in [5.41, 5.74) is 9.60. The summed E-state index contributed by atoms with van der Waals surface area (Å²) in [7, 11) is 0. The van der Waals surface area contributed by atoms with E-state index in [0.29, 0.717) is 0 Å². The zero-order valence-corrected chi connectivity index (χ0v) is 26.8. The van der Waals surface area contributed by atoms with Crippen molar-refractivity contribution < 1.29 is 9.47 Å². The molecule has 0 fully saturated rings. The van der Waals surface area contributed by atoms with E-state index in [1.165, 1.54) is 87.2 Å². The third-order valence-corrected chi connectivity index (χ3v) is 11.0. The molecule has 2 heterocycles. The summed E-state index contributed by atoms with van der Waals surface area (Å²) in [6, 6.07) is 57.2. The highest BCUT2D eigenvalue weighted by Gasteiger charge is 2.23. The molecule has 0 spiro atoms. The molecule has 0 saturated carbocycles. The lowest BCUT2D eigenvalue weighted by molar-refractivity contribution is 0.487. The Balaban J connectivity index is 1.03. The summed E-state index contributed by atoms with van der Waals surface area (Å²) in [6.45, 7) is 0. The fraction of sp³-hybridized carbons (Fsp3) is 0. The topological polar surface area (TPSA) is 18.5 Å². The van der Waals surface area contributed by atoms with Crippen LogP contribution in [0.1, 0.15) is 0 Å². The first kappa shape index (κ1) is 26.3. The van der Waals surface area contributed by atoms with Gasteiger partial charge in [-0.3, -0.25) is 0 Å². The lowest BCUT2D eigenvalue weighted by Gasteiger charge is -2.23. The molecular formula is C48H26O2. The smallest absolute Gasteiger partial charge is 0.135 e. The van der Waals surface area contributed by atoms with E-state index in [2.05, 4.69) is 146 Å². The van der Waals surface area contributed by atoms with Gasteiger partial charge in [0.15, 0.2) is 0 Å². The predicted octanol–water partition coefficient (Wildman–Crippen LogP) is 13.8. The van der Waals surface area contributed by atoms with Gasteiger partial charge in [-0.2, -0.15) is 0 Å². The van der Waals surface area contributed by atoms with Crippen molar-refractivity contribution in [3.05, 3.63) is 158 Å². The molecule has 0 radical (unpaired) electrons. The molecule has 0 unspecified atom stereocenters. The van der Waals surface area contributed by atoms with Crippen LogP contribution in [0, 0.1) is 0 Å². The van der Waals surface area contributed by atoms with Crippen LogP contribution in [0.5, 0.6) is 23.0 Å². The number of rotatable bonds is 2. The summed E-state index contributed by atoms with van der Waals surface area (Å²) in [4.78, 5) is 0. The van der Waals surface area contributed by atoms with Gasteiger partial charge in [0.05, 0.1) is 0 Å². The summed E-state index contributed by atoms with van der Waals surface area (Å²) in [6.07, 6.45) is 0. The van der Waals surface area contributed by atoms with Crippen LogP contribution in [0.2, 0.25) is 0 Å². The molecular weight excluding hydrogens is 609 g/mol. The van der Waals surface area contributed by atoms with Crippen LogP contribution in [-0.2, 0) is 0 Å². The SMILES string of the molecule is c1ccc2c(c1)Oc1cccc3c(-c4cc5ccc6cc(-c7ccc8c9c(cccc79)Oc7ccccc7-8)cc7ccc(c4)c5c67)ccc-2c13. The highest BCUT2D eigenvalue weighted by Crippen LogP contribution is 2.51. The van der Waals surface area contributed by atoms with E-state index in [-0.39, 0.29) is 0 Å². The van der Waals surface area contributed by atoms with Crippen LogP contribution in [-0.4, -0.2) is 0 Å². The minimum atomic E-state index is 0.912. The molecule has 230 valence electrons. The standard InChI is InChI=1S/C48H26O2/c1-3-11-41-35(7-1)39-21-19-33(37-9-5-13-43(49-41)47(37)39)31-23-27-15-17-29-25-32(26-30-18-16-28(24-31)45(27)46(29)30)34-20-22-40-36-8-2-4-12-42(36)50-44-14-6-10-38(34)48(40)44/h1-26H. The summed E-state index contributed by atoms with van der Waals surface area (Å²) >= 11 is 0. The fourth-order valence-corrected chi connectivity index (χ4v) is 8.81. The molecule has 0 aromatic heterocycles. The van der Waals surface area contributed by atoms with Crippen molar-refractivity contribution in [1.82, 2.24) is 0 Å². The second kappa shape index (κ2) is 9.49. The number of para-hydroxylation sites is 2. The Labute approximate surface area is 287 Å². The maximum Gasteiger partial charge on any atom is 0.135 e. The van der Waals surface area contributed by atoms with E-state index in [1.54, 1.807) is 0 Å². The van der Waals surface area contributed by atoms with E-state index in [1.807, 2.05) is 12.1 Å². The van der Waals surface area contributed by atoms with Crippen LogP contribution in [0.25, 0.3) is 98.4 Å². The maximum atomic E-state index is 6.39. The third-order valence-electron chi connectivity index (χ3n) is 11.0. The Morgan fingerprint density at radius 1 is 0.260 bits per heavy atom. The number of benzene rings is 10. The minimum absolute atomic E-state index is 0.912. The van der Waals surface area contributed by atoms with E-state index in [0.717, 1.165) is 34.1 Å². The third kappa shape index (κ3) is 3.47. The molecule has 2 heteroatoms. The van der Waals surface area contributed by atoms with Crippen LogP contribution in [0.4, 0.5) is 0 Å². The van der Waals surface area contributed by atoms with E-state index < -0.39 is 0 Å². The van der Waals surface area contributed by atoms with E-state index in [4.69, 9.17) is 9.47 Å². The van der Waals surface area contributed by atoms with Crippen LogP contribution in [0.15, 0.2) is 158 Å². The van der Waals surface area contributed by atoms with Gasteiger partial charge in [-0.25, -0.2) is 0 Å². The minimum Gasteiger partial charge on any atom is -0.456 e. The van der Waals surface area contributed by atoms with Gasteiger partial charge in [0.1, 0.15) is 23.0 Å². The van der Waals surface area contributed by atoms with Crippen molar-refractivity contribution in [2.24, 2.45) is 0 Å². The molecule has 2 aliphatic rings. The van der Waals surface area contributed by atoms with Gasteiger partial charge in [-0.15, -0.1) is 0 Å². The highest BCUT2D eigenvalue weighted by molar-refractivity contribution is 6.25. The molecule has 0 aliphatic carbocycles. The molecule has 10 aromatic rings. The first-order valence-electron chi connectivity index (χ1n) is 17.2. The van der Waals surface area contributed by atoms with Gasteiger partial charge < -0.3 is 9.47 Å². The van der Waals surface area contributed by atoms with E-state index in [9.17, 15) is 0 Å². The largest absolute Gasteiger partial charge is 0.456 e. The lowest BCUT2D eigenvalue weighted by atomic mass is 9.86. The van der Waals surface area contributed by atoms with Gasteiger partial charge in [0.2, 0.25) is 0 Å². The van der Waals surface area contributed by atoms with Crippen LogP contribution in [0.3, 0.4) is 0 Å². The number of fused-ring (bicyclic) bond motifs is 4. The Bertz CT molecular complexity index is 2820. The quantitative estimate of drug-likeness (QED) is 0.176. The highest BCUT2D eigenvalue weighted by atomic mass is 16.5. The van der Waals surface area contributed by atoms with Gasteiger partial charge in [-0.1, -0.05) is 109 Å². The van der Waals surface area contributed by atoms with Crippen LogP contribution >= 0.6 is 0 Å². The van der Waals surface area contributed by atoms with E-state index >= 15 is 0 Å². The molecule has 2 aliphatic heterocycles. The maximum absolute atomic E-state index is 6.39. The van der Waals surface area contributed by atoms with Crippen molar-refractivity contribution in [3.8, 4) is 67.5 Å². The van der Waals surface area contributed by atoms with Crippen molar-refractivity contribution in [2.45, 2.75) is 0 Å². The average Bonchev–Trinajstić information content (AvgIpc) is 3.17. The molecule has 0 saturated heterocycles. The predicted molar refractivity (Wildman–Crippen MR) is 207 cm³/mol. The van der Waals surface area contributed by atoms with Crippen molar-refractivity contribution in [3.63, 3.8) is 0 Å². The molecule has 0 atom stereocenters. The Hall–Kier alpha value is -6.64. The summed E-state index contributed by atoms with van der Waals surface area (Å²) in [5.74, 6) is 3.66. The van der Waals surface area contributed by atoms with Crippen molar-refractivity contribution >= 4 is 53.9 Å². The molecule has 12 rings (SSSR count).